The number of nitriles is 1. The molecule has 0 bridgehead atoms. The smallest absolute Gasteiger partial charge is 0.0992 e. The molecule has 18 heavy (non-hydrogen) atoms. The summed E-state index contributed by atoms with van der Waals surface area (Å²) >= 11 is 0. The third kappa shape index (κ3) is 5.07. The van der Waals surface area contributed by atoms with Crippen molar-refractivity contribution in [3.8, 4) is 6.07 Å². The minimum Gasteiger partial charge on any atom is -0.397 e. The number of ether oxygens (including phenoxy) is 1. The number of hydrogen-bond donors (Lipinski definition) is 2. The molecule has 1 rings (SSSR count). The van der Waals surface area contributed by atoms with Gasteiger partial charge < -0.3 is 15.8 Å². The Morgan fingerprint density at radius 2 is 2.11 bits per heavy atom. The van der Waals surface area contributed by atoms with Gasteiger partial charge in [-0.05, 0) is 31.0 Å². The van der Waals surface area contributed by atoms with Crippen LogP contribution in [0, 0.1) is 11.3 Å². The van der Waals surface area contributed by atoms with E-state index in [-0.39, 0.29) is 0 Å². The van der Waals surface area contributed by atoms with Gasteiger partial charge in [0.15, 0.2) is 0 Å². The lowest BCUT2D eigenvalue weighted by Crippen LogP contribution is -2.08. The number of hydrogen-bond acceptors (Lipinski definition) is 4. The van der Waals surface area contributed by atoms with Gasteiger partial charge in [-0.2, -0.15) is 5.26 Å². The number of anilines is 2. The van der Waals surface area contributed by atoms with Crippen LogP contribution < -0.4 is 11.1 Å². The van der Waals surface area contributed by atoms with Gasteiger partial charge >= 0.3 is 0 Å². The molecule has 0 aromatic heterocycles. The summed E-state index contributed by atoms with van der Waals surface area (Å²) < 4.78 is 5.46. The summed E-state index contributed by atoms with van der Waals surface area (Å²) in [5.41, 5.74) is 7.93. The fourth-order valence-corrected chi connectivity index (χ4v) is 1.52. The minimum atomic E-state index is 0.617. The van der Waals surface area contributed by atoms with E-state index in [0.29, 0.717) is 11.3 Å². The number of unbranched alkanes of at least 4 members (excludes halogenated alkanes) is 1. The number of nitrogens with two attached hydrogens (primary N) is 1. The molecule has 4 heteroatoms. The lowest BCUT2D eigenvalue weighted by atomic mass is 10.2. The molecule has 0 saturated heterocycles. The summed E-state index contributed by atoms with van der Waals surface area (Å²) in [5, 5.41) is 12.0. The van der Waals surface area contributed by atoms with Gasteiger partial charge in [-0.15, -0.1) is 0 Å². The van der Waals surface area contributed by atoms with E-state index in [1.165, 1.54) is 0 Å². The summed E-state index contributed by atoms with van der Waals surface area (Å²) in [6, 6.07) is 7.34. The largest absolute Gasteiger partial charge is 0.397 e. The third-order valence-electron chi connectivity index (χ3n) is 2.61. The molecule has 0 atom stereocenters. The molecule has 1 aromatic rings. The van der Waals surface area contributed by atoms with E-state index < -0.39 is 0 Å². The molecule has 0 saturated carbocycles. The average Bonchev–Trinajstić information content (AvgIpc) is 2.39. The normalized spacial score (nSPS) is 10.0. The van der Waals surface area contributed by atoms with Gasteiger partial charge in [0, 0.05) is 19.8 Å². The molecule has 98 valence electrons. The van der Waals surface area contributed by atoms with Crippen molar-refractivity contribution in [1.29, 1.82) is 5.26 Å². The zero-order chi connectivity index (χ0) is 13.2. The predicted octanol–water partition coefficient (Wildman–Crippen LogP) is 2.76. The zero-order valence-electron chi connectivity index (χ0n) is 10.9. The van der Waals surface area contributed by atoms with Gasteiger partial charge in [0.2, 0.25) is 0 Å². The van der Waals surface area contributed by atoms with Crippen LogP contribution in [0.25, 0.3) is 0 Å². The molecule has 0 aliphatic heterocycles. The van der Waals surface area contributed by atoms with Crippen molar-refractivity contribution >= 4 is 11.4 Å². The Balaban J connectivity index is 2.25. The monoisotopic (exact) mass is 247 g/mol. The molecule has 0 fully saturated rings. The van der Waals surface area contributed by atoms with Crippen LogP contribution in [-0.4, -0.2) is 19.8 Å². The topological polar surface area (TPSA) is 71.1 Å². The van der Waals surface area contributed by atoms with Gasteiger partial charge in [0.25, 0.3) is 0 Å². The Hall–Kier alpha value is -1.73. The maximum atomic E-state index is 8.81. The van der Waals surface area contributed by atoms with Crippen molar-refractivity contribution in [1.82, 2.24) is 0 Å². The molecule has 0 unspecified atom stereocenters. The number of nitrogens with zero attached hydrogens (tertiary/aromatic N) is 1. The molecular weight excluding hydrogens is 226 g/mol. The second-order valence-electron chi connectivity index (χ2n) is 4.16. The highest BCUT2D eigenvalue weighted by atomic mass is 16.5. The maximum absolute atomic E-state index is 8.81. The van der Waals surface area contributed by atoms with E-state index in [2.05, 4.69) is 18.3 Å². The first-order chi connectivity index (χ1) is 8.77. The van der Waals surface area contributed by atoms with Crippen LogP contribution in [0.5, 0.6) is 0 Å². The SMILES string of the molecule is CCCCOCCCNc1cc(C#N)ccc1N. The van der Waals surface area contributed by atoms with E-state index in [0.717, 1.165) is 44.7 Å². The highest BCUT2D eigenvalue weighted by Gasteiger charge is 2.00. The quantitative estimate of drug-likeness (QED) is 0.547. The predicted molar refractivity (Wildman–Crippen MR) is 74.4 cm³/mol. The Bertz CT molecular complexity index is 399. The number of nitrogens with one attached hydrogen (secondary N) is 1. The lowest BCUT2D eigenvalue weighted by molar-refractivity contribution is 0.131. The first-order valence-corrected chi connectivity index (χ1v) is 6.39. The first-order valence-electron chi connectivity index (χ1n) is 6.39. The Labute approximate surface area is 109 Å². The highest BCUT2D eigenvalue weighted by molar-refractivity contribution is 5.68. The van der Waals surface area contributed by atoms with E-state index >= 15 is 0 Å². The van der Waals surface area contributed by atoms with Crippen molar-refractivity contribution in [3.05, 3.63) is 23.8 Å². The highest BCUT2D eigenvalue weighted by Crippen LogP contribution is 2.19. The summed E-state index contributed by atoms with van der Waals surface area (Å²) in [6.45, 7) is 4.54. The number of nitrogen functional groups attached to an aromatic ring is 1. The van der Waals surface area contributed by atoms with Gasteiger partial charge in [0.1, 0.15) is 0 Å². The van der Waals surface area contributed by atoms with Crippen LogP contribution in [0.3, 0.4) is 0 Å². The van der Waals surface area contributed by atoms with Gasteiger partial charge in [-0.25, -0.2) is 0 Å². The van der Waals surface area contributed by atoms with Crippen LogP contribution in [0.2, 0.25) is 0 Å². The minimum absolute atomic E-state index is 0.617. The molecule has 3 N–H and O–H groups in total. The fourth-order valence-electron chi connectivity index (χ4n) is 1.52. The maximum Gasteiger partial charge on any atom is 0.0992 e. The Morgan fingerprint density at radius 3 is 2.83 bits per heavy atom. The average molecular weight is 247 g/mol. The van der Waals surface area contributed by atoms with Crippen LogP contribution in [0.15, 0.2) is 18.2 Å². The van der Waals surface area contributed by atoms with Crippen molar-refractivity contribution in [2.24, 2.45) is 0 Å². The lowest BCUT2D eigenvalue weighted by Gasteiger charge is -2.09. The van der Waals surface area contributed by atoms with E-state index in [4.69, 9.17) is 15.7 Å². The van der Waals surface area contributed by atoms with E-state index in [1.54, 1.807) is 18.2 Å². The van der Waals surface area contributed by atoms with Crippen LogP contribution >= 0.6 is 0 Å². The molecular formula is C14H21N3O. The third-order valence-corrected chi connectivity index (χ3v) is 2.61. The van der Waals surface area contributed by atoms with Gasteiger partial charge in [-0.3, -0.25) is 0 Å². The zero-order valence-corrected chi connectivity index (χ0v) is 10.9. The molecule has 0 aliphatic rings. The van der Waals surface area contributed by atoms with Crippen molar-refractivity contribution in [2.45, 2.75) is 26.2 Å². The number of rotatable bonds is 8. The first kappa shape index (κ1) is 14.3. The van der Waals surface area contributed by atoms with Crippen LogP contribution in [0.4, 0.5) is 11.4 Å². The summed E-state index contributed by atoms with van der Waals surface area (Å²) in [4.78, 5) is 0. The summed E-state index contributed by atoms with van der Waals surface area (Å²) in [6.07, 6.45) is 3.21. The number of benzene rings is 1. The van der Waals surface area contributed by atoms with Crippen molar-refractivity contribution in [2.75, 3.05) is 30.8 Å². The fraction of sp³-hybridized carbons (Fsp3) is 0.500. The summed E-state index contributed by atoms with van der Waals surface area (Å²) in [7, 11) is 0. The van der Waals surface area contributed by atoms with Gasteiger partial charge in [-0.1, -0.05) is 13.3 Å². The molecule has 0 aliphatic carbocycles. The molecule has 0 radical (unpaired) electrons. The Kier molecular flexibility index (Phi) is 6.67. The second-order valence-corrected chi connectivity index (χ2v) is 4.16. The molecule has 1 aromatic carbocycles. The summed E-state index contributed by atoms with van der Waals surface area (Å²) in [5.74, 6) is 0. The molecule has 4 nitrogen and oxygen atoms in total. The van der Waals surface area contributed by atoms with Gasteiger partial charge in [0.05, 0.1) is 23.0 Å². The second kappa shape index (κ2) is 8.37. The molecule has 0 heterocycles. The molecule has 0 spiro atoms. The molecule has 0 amide bonds. The van der Waals surface area contributed by atoms with E-state index in [1.807, 2.05) is 0 Å². The van der Waals surface area contributed by atoms with Crippen LogP contribution in [0.1, 0.15) is 31.7 Å². The van der Waals surface area contributed by atoms with Crippen molar-refractivity contribution < 1.29 is 4.74 Å². The van der Waals surface area contributed by atoms with Crippen LogP contribution in [-0.2, 0) is 4.74 Å². The van der Waals surface area contributed by atoms with Crippen molar-refractivity contribution in [3.63, 3.8) is 0 Å². The van der Waals surface area contributed by atoms with E-state index in [9.17, 15) is 0 Å². The standard InChI is InChI=1S/C14H21N3O/c1-2-3-8-18-9-4-7-17-14-10-12(11-15)5-6-13(14)16/h5-6,10,17H,2-4,7-9,16H2,1H3. The Morgan fingerprint density at radius 1 is 1.33 bits per heavy atom.